The second-order valence-corrected chi connectivity index (χ2v) is 5.34. The summed E-state index contributed by atoms with van der Waals surface area (Å²) in [5.41, 5.74) is 0. The van der Waals surface area contributed by atoms with Crippen LogP contribution in [0.15, 0.2) is 0 Å². The summed E-state index contributed by atoms with van der Waals surface area (Å²) in [6.07, 6.45) is 7.41. The van der Waals surface area contributed by atoms with Gasteiger partial charge >= 0.3 is 0 Å². The lowest BCUT2D eigenvalue weighted by Gasteiger charge is -2.36. The zero-order valence-corrected chi connectivity index (χ0v) is 10.00. The number of aliphatic hydroxyl groups excluding tert-OH is 1. The van der Waals surface area contributed by atoms with Gasteiger partial charge in [-0.1, -0.05) is 40.0 Å². The van der Waals surface area contributed by atoms with Gasteiger partial charge in [0, 0.05) is 0 Å². The van der Waals surface area contributed by atoms with E-state index in [2.05, 4.69) is 20.8 Å². The number of rotatable bonds is 4. The molecule has 3 unspecified atom stereocenters. The molecule has 1 heteroatoms. The SMILES string of the molecule is CCCC1CCCC(O)C1CC(C)C. The van der Waals surface area contributed by atoms with Crippen LogP contribution in [0.4, 0.5) is 0 Å². The first kappa shape index (κ1) is 12.0. The zero-order valence-electron chi connectivity index (χ0n) is 10.00. The second-order valence-electron chi connectivity index (χ2n) is 5.34. The lowest BCUT2D eigenvalue weighted by Crippen LogP contribution is -2.33. The van der Waals surface area contributed by atoms with E-state index in [4.69, 9.17) is 0 Å². The van der Waals surface area contributed by atoms with E-state index in [-0.39, 0.29) is 6.10 Å². The van der Waals surface area contributed by atoms with E-state index in [0.29, 0.717) is 5.92 Å². The highest BCUT2D eigenvalue weighted by atomic mass is 16.3. The van der Waals surface area contributed by atoms with Gasteiger partial charge in [0.2, 0.25) is 0 Å². The molecule has 14 heavy (non-hydrogen) atoms. The van der Waals surface area contributed by atoms with Gasteiger partial charge in [0.25, 0.3) is 0 Å². The molecule has 0 aliphatic heterocycles. The van der Waals surface area contributed by atoms with Gasteiger partial charge in [0.1, 0.15) is 0 Å². The fourth-order valence-corrected chi connectivity index (χ4v) is 2.95. The summed E-state index contributed by atoms with van der Waals surface area (Å²) in [7, 11) is 0. The Bertz CT molecular complexity index is 151. The number of hydrogen-bond acceptors (Lipinski definition) is 1. The van der Waals surface area contributed by atoms with Crippen molar-refractivity contribution in [1.82, 2.24) is 0 Å². The summed E-state index contributed by atoms with van der Waals surface area (Å²) in [4.78, 5) is 0. The Labute approximate surface area is 88.9 Å². The average molecular weight is 198 g/mol. The molecule has 1 N–H and O–H groups in total. The van der Waals surface area contributed by atoms with E-state index in [1.165, 1.54) is 32.1 Å². The highest BCUT2D eigenvalue weighted by Crippen LogP contribution is 2.37. The summed E-state index contributed by atoms with van der Waals surface area (Å²) in [6, 6.07) is 0. The minimum atomic E-state index is -0.0114. The van der Waals surface area contributed by atoms with Crippen molar-refractivity contribution in [2.45, 2.75) is 65.4 Å². The van der Waals surface area contributed by atoms with Crippen molar-refractivity contribution in [2.24, 2.45) is 17.8 Å². The summed E-state index contributed by atoms with van der Waals surface area (Å²) in [5, 5.41) is 10.0. The minimum absolute atomic E-state index is 0.0114. The summed E-state index contributed by atoms with van der Waals surface area (Å²) in [6.45, 7) is 6.79. The van der Waals surface area contributed by atoms with Gasteiger partial charge in [-0.05, 0) is 37.0 Å². The van der Waals surface area contributed by atoms with Gasteiger partial charge in [-0.25, -0.2) is 0 Å². The van der Waals surface area contributed by atoms with E-state index in [9.17, 15) is 5.11 Å². The number of hydrogen-bond donors (Lipinski definition) is 1. The minimum Gasteiger partial charge on any atom is -0.393 e. The Hall–Kier alpha value is -0.0400. The quantitative estimate of drug-likeness (QED) is 0.731. The lowest BCUT2D eigenvalue weighted by molar-refractivity contribution is 0.0180. The second kappa shape index (κ2) is 5.75. The Morgan fingerprint density at radius 2 is 2.00 bits per heavy atom. The molecule has 0 aromatic carbocycles. The van der Waals surface area contributed by atoms with Crippen LogP contribution >= 0.6 is 0 Å². The van der Waals surface area contributed by atoms with Gasteiger partial charge in [-0.2, -0.15) is 0 Å². The Balaban J connectivity index is 2.51. The molecule has 1 saturated carbocycles. The molecule has 0 bridgehead atoms. The average Bonchev–Trinajstić information content (AvgIpc) is 2.11. The molecule has 1 nitrogen and oxygen atoms in total. The topological polar surface area (TPSA) is 20.2 Å². The van der Waals surface area contributed by atoms with Crippen LogP contribution in [0.3, 0.4) is 0 Å². The van der Waals surface area contributed by atoms with Crippen molar-refractivity contribution in [3.63, 3.8) is 0 Å². The van der Waals surface area contributed by atoms with Crippen molar-refractivity contribution >= 4 is 0 Å². The van der Waals surface area contributed by atoms with Gasteiger partial charge < -0.3 is 5.11 Å². The van der Waals surface area contributed by atoms with Gasteiger partial charge in [0.05, 0.1) is 6.10 Å². The number of aliphatic hydroxyl groups is 1. The lowest BCUT2D eigenvalue weighted by atomic mass is 9.72. The third-order valence-corrected chi connectivity index (χ3v) is 3.58. The van der Waals surface area contributed by atoms with Crippen LogP contribution in [0.1, 0.15) is 59.3 Å². The third-order valence-electron chi connectivity index (χ3n) is 3.58. The van der Waals surface area contributed by atoms with Crippen LogP contribution in [0, 0.1) is 17.8 Å². The normalized spacial score (nSPS) is 33.6. The molecular formula is C13H26O. The van der Waals surface area contributed by atoms with Gasteiger partial charge in [-0.15, -0.1) is 0 Å². The van der Waals surface area contributed by atoms with Gasteiger partial charge in [0.15, 0.2) is 0 Å². The Morgan fingerprint density at radius 1 is 1.29 bits per heavy atom. The van der Waals surface area contributed by atoms with E-state index in [0.717, 1.165) is 18.3 Å². The molecule has 84 valence electrons. The zero-order chi connectivity index (χ0) is 10.6. The molecule has 0 amide bonds. The molecule has 1 aliphatic carbocycles. The maximum absolute atomic E-state index is 10.0. The van der Waals surface area contributed by atoms with Crippen LogP contribution < -0.4 is 0 Å². The fourth-order valence-electron chi connectivity index (χ4n) is 2.95. The molecule has 3 atom stereocenters. The van der Waals surface area contributed by atoms with Crippen LogP contribution in [-0.2, 0) is 0 Å². The summed E-state index contributed by atoms with van der Waals surface area (Å²) in [5.74, 6) is 2.11. The molecule has 0 aromatic heterocycles. The Kier molecular flexibility index (Phi) is 4.94. The summed E-state index contributed by atoms with van der Waals surface area (Å²) >= 11 is 0. The first-order valence-corrected chi connectivity index (χ1v) is 6.33. The molecule has 0 aromatic rings. The van der Waals surface area contributed by atoms with Crippen LogP contribution in [0.5, 0.6) is 0 Å². The molecule has 0 saturated heterocycles. The maximum atomic E-state index is 10.0. The first-order valence-electron chi connectivity index (χ1n) is 6.33. The maximum Gasteiger partial charge on any atom is 0.0571 e. The van der Waals surface area contributed by atoms with Crippen molar-refractivity contribution < 1.29 is 5.11 Å². The fraction of sp³-hybridized carbons (Fsp3) is 1.00. The van der Waals surface area contributed by atoms with Crippen molar-refractivity contribution in [1.29, 1.82) is 0 Å². The van der Waals surface area contributed by atoms with E-state index >= 15 is 0 Å². The smallest absolute Gasteiger partial charge is 0.0571 e. The molecule has 1 rings (SSSR count). The molecular weight excluding hydrogens is 172 g/mol. The van der Waals surface area contributed by atoms with Gasteiger partial charge in [-0.3, -0.25) is 0 Å². The molecule has 1 aliphatic rings. The van der Waals surface area contributed by atoms with Crippen LogP contribution in [-0.4, -0.2) is 11.2 Å². The summed E-state index contributed by atoms with van der Waals surface area (Å²) < 4.78 is 0. The molecule has 0 spiro atoms. The predicted octanol–water partition coefficient (Wildman–Crippen LogP) is 3.61. The van der Waals surface area contributed by atoms with E-state index in [1.54, 1.807) is 0 Å². The van der Waals surface area contributed by atoms with Crippen molar-refractivity contribution in [2.75, 3.05) is 0 Å². The molecule has 0 heterocycles. The van der Waals surface area contributed by atoms with Crippen LogP contribution in [0.2, 0.25) is 0 Å². The van der Waals surface area contributed by atoms with Crippen molar-refractivity contribution in [3.8, 4) is 0 Å². The molecule has 1 fully saturated rings. The standard InChI is InChI=1S/C13H26O/c1-4-6-11-7-5-8-13(14)12(11)9-10(2)3/h10-14H,4-9H2,1-3H3. The third kappa shape index (κ3) is 3.27. The monoisotopic (exact) mass is 198 g/mol. The van der Waals surface area contributed by atoms with Crippen LogP contribution in [0.25, 0.3) is 0 Å². The highest BCUT2D eigenvalue weighted by molar-refractivity contribution is 4.82. The van der Waals surface area contributed by atoms with E-state index in [1.807, 2.05) is 0 Å². The Morgan fingerprint density at radius 3 is 2.57 bits per heavy atom. The van der Waals surface area contributed by atoms with E-state index < -0.39 is 0 Å². The predicted molar refractivity (Wildman–Crippen MR) is 61.2 cm³/mol. The molecule has 0 radical (unpaired) electrons. The highest BCUT2D eigenvalue weighted by Gasteiger charge is 2.31. The first-order chi connectivity index (χ1) is 6.65. The largest absolute Gasteiger partial charge is 0.393 e. The van der Waals surface area contributed by atoms with Crippen molar-refractivity contribution in [3.05, 3.63) is 0 Å².